The average Bonchev–Trinajstić information content (AvgIpc) is 3.30. The minimum Gasteiger partial charge on any atom is -0.325 e. The van der Waals surface area contributed by atoms with Gasteiger partial charge in [0, 0.05) is 11.9 Å². The van der Waals surface area contributed by atoms with E-state index >= 15 is 0 Å². The number of anilines is 2. The first kappa shape index (κ1) is 21.1. The summed E-state index contributed by atoms with van der Waals surface area (Å²) >= 11 is 0. The molecule has 3 aromatic carbocycles. The van der Waals surface area contributed by atoms with Gasteiger partial charge in [0.1, 0.15) is 0 Å². The molecule has 0 aliphatic rings. The van der Waals surface area contributed by atoms with E-state index in [1.54, 1.807) is 54.6 Å². The molecular formula is C26H19N5O3S. The van der Waals surface area contributed by atoms with Crippen LogP contribution in [0.2, 0.25) is 0 Å². The third-order valence-electron chi connectivity index (χ3n) is 5.87. The lowest BCUT2D eigenvalue weighted by molar-refractivity contribution is 0.588. The molecule has 9 heteroatoms. The molecule has 0 saturated heterocycles. The van der Waals surface area contributed by atoms with E-state index in [9.17, 15) is 13.2 Å². The summed E-state index contributed by atoms with van der Waals surface area (Å²) in [5.74, 6) is 0.168. The number of nitrogens with zero attached hydrogens (tertiary/aromatic N) is 4. The van der Waals surface area contributed by atoms with Gasteiger partial charge in [-0.25, -0.2) is 21.8 Å². The first-order valence-electron chi connectivity index (χ1n) is 10.9. The van der Waals surface area contributed by atoms with Crippen molar-refractivity contribution in [2.24, 2.45) is 0 Å². The van der Waals surface area contributed by atoms with Crippen molar-refractivity contribution in [2.75, 3.05) is 5.32 Å². The Morgan fingerprint density at radius 2 is 1.49 bits per heavy atom. The maximum atomic E-state index is 13.5. The molecule has 35 heavy (non-hydrogen) atoms. The summed E-state index contributed by atoms with van der Waals surface area (Å²) in [4.78, 5) is 23.0. The minimum absolute atomic E-state index is 0.142. The maximum Gasteiger partial charge on any atom is 0.269 e. The highest BCUT2D eigenvalue weighted by atomic mass is 32.2. The minimum atomic E-state index is -3.94. The Labute approximate surface area is 200 Å². The number of nitrogens with one attached hydrogen (secondary N) is 1. The summed E-state index contributed by atoms with van der Waals surface area (Å²) < 4.78 is 29.6. The molecule has 0 fully saturated rings. The number of fused-ring (bicyclic) bond motifs is 4. The Kier molecular flexibility index (Phi) is 4.68. The van der Waals surface area contributed by atoms with Gasteiger partial charge < -0.3 is 5.32 Å². The number of hydrogen-bond acceptors (Lipinski definition) is 6. The third-order valence-corrected chi connectivity index (χ3v) is 7.55. The van der Waals surface area contributed by atoms with Crippen molar-refractivity contribution < 1.29 is 8.42 Å². The molecule has 8 nitrogen and oxygen atoms in total. The van der Waals surface area contributed by atoms with Gasteiger partial charge in [-0.15, -0.1) is 0 Å². The summed E-state index contributed by atoms with van der Waals surface area (Å²) in [7, 11) is -3.94. The van der Waals surface area contributed by atoms with Crippen molar-refractivity contribution >= 4 is 49.2 Å². The molecular weight excluding hydrogens is 462 g/mol. The Balaban J connectivity index is 1.70. The molecule has 1 N–H and O–H groups in total. The lowest BCUT2D eigenvalue weighted by atomic mass is 10.2. The molecule has 0 amide bonds. The molecule has 172 valence electrons. The van der Waals surface area contributed by atoms with E-state index in [0.29, 0.717) is 27.6 Å². The lowest BCUT2D eigenvalue weighted by Crippen LogP contribution is -2.20. The van der Waals surface area contributed by atoms with Crippen molar-refractivity contribution in [3.8, 4) is 0 Å². The monoisotopic (exact) mass is 481 g/mol. The molecule has 0 aliphatic heterocycles. The summed E-state index contributed by atoms with van der Waals surface area (Å²) in [5, 5.41) is 4.05. The van der Waals surface area contributed by atoms with Crippen LogP contribution in [0.3, 0.4) is 0 Å². The molecule has 0 bridgehead atoms. The van der Waals surface area contributed by atoms with E-state index in [2.05, 4.69) is 10.3 Å². The number of rotatable bonds is 4. The second-order valence-corrected chi connectivity index (χ2v) is 10.0. The normalized spacial score (nSPS) is 11.9. The molecule has 0 saturated carbocycles. The topological polar surface area (TPSA) is 98.4 Å². The number of hydrogen-bond donors (Lipinski definition) is 1. The largest absolute Gasteiger partial charge is 0.325 e. The molecule has 6 rings (SSSR count). The van der Waals surface area contributed by atoms with Crippen molar-refractivity contribution in [1.29, 1.82) is 0 Å². The van der Waals surface area contributed by atoms with Gasteiger partial charge in [0.05, 0.1) is 21.2 Å². The smallest absolute Gasteiger partial charge is 0.269 e. The van der Waals surface area contributed by atoms with Crippen LogP contribution in [0.4, 0.5) is 11.6 Å². The summed E-state index contributed by atoms with van der Waals surface area (Å²) in [6.45, 7) is 1.89. The van der Waals surface area contributed by atoms with Crippen molar-refractivity contribution in [1.82, 2.24) is 18.3 Å². The van der Waals surface area contributed by atoms with Crippen LogP contribution in [-0.2, 0) is 10.0 Å². The standard InChI is InChI=1S/C26H19N5O3S/c1-17-11-13-19(14-12-17)35(33,34)30-16-15-21-23(30)29-26(27-18-7-3-2-4-8-18)31-24(21)28-22-10-6-5-9-20(22)25(31)32/h2-16H,1H3,(H,27,29). The van der Waals surface area contributed by atoms with E-state index < -0.39 is 10.0 Å². The number of para-hydroxylation sites is 2. The van der Waals surface area contributed by atoms with Crippen LogP contribution in [0, 0.1) is 6.92 Å². The van der Waals surface area contributed by atoms with Gasteiger partial charge in [0.2, 0.25) is 5.95 Å². The van der Waals surface area contributed by atoms with Gasteiger partial charge in [-0.2, -0.15) is 4.98 Å². The zero-order valence-electron chi connectivity index (χ0n) is 18.6. The predicted molar refractivity (Wildman–Crippen MR) is 136 cm³/mol. The van der Waals surface area contributed by atoms with Gasteiger partial charge in [0.25, 0.3) is 15.6 Å². The number of benzene rings is 3. The van der Waals surface area contributed by atoms with Gasteiger partial charge in [-0.3, -0.25) is 4.79 Å². The zero-order valence-corrected chi connectivity index (χ0v) is 19.4. The average molecular weight is 482 g/mol. The van der Waals surface area contributed by atoms with E-state index in [4.69, 9.17) is 4.98 Å². The predicted octanol–water partition coefficient (Wildman–Crippen LogP) is 4.49. The lowest BCUT2D eigenvalue weighted by Gasteiger charge is -2.13. The van der Waals surface area contributed by atoms with Crippen LogP contribution < -0.4 is 10.9 Å². The van der Waals surface area contributed by atoms with Crippen molar-refractivity contribution in [3.05, 3.63) is 107 Å². The van der Waals surface area contributed by atoms with Crippen molar-refractivity contribution in [3.63, 3.8) is 0 Å². The Morgan fingerprint density at radius 1 is 0.771 bits per heavy atom. The summed E-state index contributed by atoms with van der Waals surface area (Å²) in [5.41, 5.74) is 2.36. The molecule has 6 aromatic rings. The van der Waals surface area contributed by atoms with Crippen LogP contribution in [0.5, 0.6) is 0 Å². The number of aryl methyl sites for hydroxylation is 1. The molecule has 3 aromatic heterocycles. The molecule has 3 heterocycles. The first-order chi connectivity index (χ1) is 16.9. The fraction of sp³-hybridized carbons (Fsp3) is 0.0385. The first-order valence-corrected chi connectivity index (χ1v) is 12.3. The van der Waals surface area contributed by atoms with Crippen LogP contribution in [0.25, 0.3) is 27.6 Å². The van der Waals surface area contributed by atoms with Gasteiger partial charge in [0.15, 0.2) is 11.3 Å². The molecule has 0 spiro atoms. The van der Waals surface area contributed by atoms with Crippen LogP contribution in [-0.4, -0.2) is 26.8 Å². The van der Waals surface area contributed by atoms with Gasteiger partial charge in [-0.1, -0.05) is 48.0 Å². The van der Waals surface area contributed by atoms with E-state index in [-0.39, 0.29) is 22.1 Å². The van der Waals surface area contributed by atoms with Crippen molar-refractivity contribution in [2.45, 2.75) is 11.8 Å². The quantitative estimate of drug-likeness (QED) is 0.373. The highest BCUT2D eigenvalue weighted by molar-refractivity contribution is 7.90. The fourth-order valence-electron chi connectivity index (χ4n) is 4.10. The third kappa shape index (κ3) is 3.36. The van der Waals surface area contributed by atoms with Crippen LogP contribution >= 0.6 is 0 Å². The van der Waals surface area contributed by atoms with Crippen LogP contribution in [0.15, 0.2) is 101 Å². The second kappa shape index (κ2) is 7.78. The Hall–Kier alpha value is -4.50. The van der Waals surface area contributed by atoms with Gasteiger partial charge >= 0.3 is 0 Å². The summed E-state index contributed by atoms with van der Waals surface area (Å²) in [6, 6.07) is 24.5. The highest BCUT2D eigenvalue weighted by Gasteiger charge is 2.23. The molecule has 0 radical (unpaired) electrons. The highest BCUT2D eigenvalue weighted by Crippen LogP contribution is 2.27. The van der Waals surface area contributed by atoms with Crippen LogP contribution in [0.1, 0.15) is 5.56 Å². The SMILES string of the molecule is Cc1ccc(S(=O)(=O)n2ccc3c2nc(Nc2ccccc2)n2c(=O)c4ccccc4nc32)cc1. The Bertz CT molecular complexity index is 1910. The Morgan fingerprint density at radius 3 is 2.26 bits per heavy atom. The zero-order chi connectivity index (χ0) is 24.2. The summed E-state index contributed by atoms with van der Waals surface area (Å²) in [6.07, 6.45) is 1.44. The van der Waals surface area contributed by atoms with E-state index in [0.717, 1.165) is 9.54 Å². The van der Waals surface area contributed by atoms with E-state index in [1.165, 1.54) is 10.6 Å². The molecule has 0 unspecified atom stereocenters. The van der Waals surface area contributed by atoms with E-state index in [1.807, 2.05) is 37.3 Å². The maximum absolute atomic E-state index is 13.5. The second-order valence-electron chi connectivity index (χ2n) is 8.19. The van der Waals surface area contributed by atoms with Gasteiger partial charge in [-0.05, 0) is 49.4 Å². The fourth-order valence-corrected chi connectivity index (χ4v) is 5.40. The molecule has 0 aliphatic carbocycles. The molecule has 0 atom stereocenters. The number of aromatic nitrogens is 4.